The van der Waals surface area contributed by atoms with Crippen molar-refractivity contribution in [2.45, 2.75) is 10.1 Å². The van der Waals surface area contributed by atoms with E-state index in [-0.39, 0.29) is 16.6 Å². The smallest absolute Gasteiger partial charge is 0.317 e. The number of thioether (sulfide) groups is 1. The van der Waals surface area contributed by atoms with Gasteiger partial charge < -0.3 is 5.32 Å². The number of carbonyl (C=O) groups is 1. The predicted molar refractivity (Wildman–Crippen MR) is 106 cm³/mol. The molecule has 7 nitrogen and oxygen atoms in total. The number of fused-ring (bicyclic) bond motifs is 1. The molecule has 0 radical (unpaired) electrons. The fraction of sp³-hybridized carbons (Fsp3) is 0.222. The third-order valence-electron chi connectivity index (χ3n) is 4.07. The van der Waals surface area contributed by atoms with Crippen molar-refractivity contribution in [2.24, 2.45) is 7.05 Å². The highest BCUT2D eigenvalue weighted by Crippen LogP contribution is 2.19. The molecule has 0 aliphatic rings. The summed E-state index contributed by atoms with van der Waals surface area (Å²) in [6.07, 6.45) is 0. The van der Waals surface area contributed by atoms with E-state index < -0.39 is 10.0 Å². The van der Waals surface area contributed by atoms with E-state index in [1.54, 1.807) is 12.1 Å². The van der Waals surface area contributed by atoms with Crippen LogP contribution in [0.4, 0.5) is 5.69 Å². The molecule has 0 saturated heterocycles. The van der Waals surface area contributed by atoms with Crippen LogP contribution in [0.1, 0.15) is 0 Å². The quantitative estimate of drug-likeness (QED) is 0.485. The summed E-state index contributed by atoms with van der Waals surface area (Å²) in [6.45, 7) is 0. The van der Waals surface area contributed by atoms with E-state index in [1.807, 2.05) is 35.9 Å². The molecule has 0 fully saturated rings. The van der Waals surface area contributed by atoms with Crippen molar-refractivity contribution in [3.63, 3.8) is 0 Å². The van der Waals surface area contributed by atoms with Crippen molar-refractivity contribution in [3.8, 4) is 0 Å². The van der Waals surface area contributed by atoms with Gasteiger partial charge in [0.05, 0.1) is 17.7 Å². The molecule has 0 aliphatic carbocycles. The summed E-state index contributed by atoms with van der Waals surface area (Å²) in [5, 5.41) is 3.67. The number of aryl methyl sites for hydroxylation is 1. The van der Waals surface area contributed by atoms with E-state index in [0.717, 1.165) is 20.5 Å². The fourth-order valence-corrected chi connectivity index (χ4v) is 4.28. The van der Waals surface area contributed by atoms with E-state index in [1.165, 1.54) is 38.0 Å². The Labute approximate surface area is 162 Å². The summed E-state index contributed by atoms with van der Waals surface area (Å²) in [5.41, 5.74) is 2.64. The number of aromatic amines is 1. The zero-order chi connectivity index (χ0) is 19.6. The number of hydrogen-bond acceptors (Lipinski definition) is 4. The predicted octanol–water partition coefficient (Wildman–Crippen LogP) is 1.97. The maximum Gasteiger partial charge on any atom is 0.317 e. The van der Waals surface area contributed by atoms with Gasteiger partial charge in [-0.25, -0.2) is 22.3 Å². The van der Waals surface area contributed by atoms with Crippen molar-refractivity contribution in [1.29, 1.82) is 0 Å². The van der Waals surface area contributed by atoms with Gasteiger partial charge in [-0.2, -0.15) is 0 Å². The van der Waals surface area contributed by atoms with Crippen LogP contribution in [0.5, 0.6) is 0 Å². The Morgan fingerprint density at radius 3 is 2.44 bits per heavy atom. The molecule has 1 heterocycles. The number of nitrogens with one attached hydrogen (secondary N) is 2. The Morgan fingerprint density at radius 1 is 1.15 bits per heavy atom. The number of aromatic nitrogens is 2. The maximum absolute atomic E-state index is 12.2. The van der Waals surface area contributed by atoms with Crippen molar-refractivity contribution in [2.75, 3.05) is 25.2 Å². The lowest BCUT2D eigenvalue weighted by Crippen LogP contribution is -2.29. The van der Waals surface area contributed by atoms with Crippen molar-refractivity contribution >= 4 is 44.4 Å². The lowest BCUT2D eigenvalue weighted by Gasteiger charge is -2.11. The zero-order valence-electron chi connectivity index (χ0n) is 15.3. The lowest BCUT2D eigenvalue weighted by molar-refractivity contribution is -0.683. The number of hydrogen-bond donors (Lipinski definition) is 2. The fourth-order valence-electron chi connectivity index (χ4n) is 2.57. The highest BCUT2D eigenvalue weighted by molar-refractivity contribution is 7.99. The summed E-state index contributed by atoms with van der Waals surface area (Å²) >= 11 is 1.40. The molecule has 0 bridgehead atoms. The summed E-state index contributed by atoms with van der Waals surface area (Å²) < 4.78 is 27.3. The van der Waals surface area contributed by atoms with Gasteiger partial charge in [-0.15, -0.1) is 0 Å². The first kappa shape index (κ1) is 19.4. The van der Waals surface area contributed by atoms with Gasteiger partial charge in [0.15, 0.2) is 11.0 Å². The third-order valence-corrected chi connectivity index (χ3v) is 6.95. The minimum Gasteiger partial charge on any atom is -0.325 e. The van der Waals surface area contributed by atoms with E-state index in [2.05, 4.69) is 10.3 Å². The van der Waals surface area contributed by atoms with Crippen molar-refractivity contribution < 1.29 is 17.8 Å². The SMILES string of the molecule is CN(C)S(=O)(=O)c1ccc(NC(=O)CSc2[nH]c3ccccc3[n+]2C)cc1. The molecular weight excluding hydrogens is 384 g/mol. The number of amides is 1. The van der Waals surface area contributed by atoms with Crippen LogP contribution in [-0.4, -0.2) is 43.5 Å². The molecule has 3 aromatic rings. The maximum atomic E-state index is 12.2. The van der Waals surface area contributed by atoms with Gasteiger partial charge in [0.25, 0.3) is 0 Å². The molecule has 0 aliphatic heterocycles. The summed E-state index contributed by atoms with van der Waals surface area (Å²) in [5.74, 6) is 0.0696. The van der Waals surface area contributed by atoms with Gasteiger partial charge >= 0.3 is 5.16 Å². The van der Waals surface area contributed by atoms with Gasteiger partial charge in [0, 0.05) is 19.8 Å². The molecule has 27 heavy (non-hydrogen) atoms. The first-order valence-corrected chi connectivity index (χ1v) is 10.6. The molecule has 2 aromatic carbocycles. The number of H-pyrrole nitrogens is 1. The van der Waals surface area contributed by atoms with E-state index in [9.17, 15) is 13.2 Å². The molecule has 9 heteroatoms. The Morgan fingerprint density at radius 2 is 1.81 bits per heavy atom. The van der Waals surface area contributed by atoms with Crippen LogP contribution in [0, 0.1) is 0 Å². The highest BCUT2D eigenvalue weighted by atomic mass is 32.2. The van der Waals surface area contributed by atoms with Crippen LogP contribution in [0.25, 0.3) is 11.0 Å². The molecule has 3 rings (SSSR count). The second-order valence-corrected chi connectivity index (χ2v) is 9.27. The van der Waals surface area contributed by atoms with Crippen LogP contribution in [0.2, 0.25) is 0 Å². The zero-order valence-corrected chi connectivity index (χ0v) is 16.9. The van der Waals surface area contributed by atoms with Crippen LogP contribution in [0.15, 0.2) is 58.6 Å². The molecular formula is C18H21N4O3S2+. The van der Waals surface area contributed by atoms with Crippen LogP contribution >= 0.6 is 11.8 Å². The Hall–Kier alpha value is -2.36. The van der Waals surface area contributed by atoms with Gasteiger partial charge in [-0.1, -0.05) is 12.1 Å². The summed E-state index contributed by atoms with van der Waals surface area (Å²) in [4.78, 5) is 15.7. The number of sulfonamides is 1. The summed E-state index contributed by atoms with van der Waals surface area (Å²) in [6, 6.07) is 14.1. The number of nitrogens with zero attached hydrogens (tertiary/aromatic N) is 2. The minimum absolute atomic E-state index is 0.165. The average Bonchev–Trinajstić information content (AvgIpc) is 2.96. The molecule has 1 aromatic heterocycles. The Bertz CT molecular complexity index is 1070. The average molecular weight is 406 g/mol. The van der Waals surface area contributed by atoms with E-state index in [4.69, 9.17) is 0 Å². The topological polar surface area (TPSA) is 86.2 Å². The third kappa shape index (κ3) is 4.15. The highest BCUT2D eigenvalue weighted by Gasteiger charge is 2.18. The van der Waals surface area contributed by atoms with Gasteiger partial charge in [-0.05, 0) is 48.2 Å². The number of para-hydroxylation sites is 2. The van der Waals surface area contributed by atoms with Gasteiger partial charge in [0.2, 0.25) is 15.9 Å². The number of carbonyl (C=O) groups excluding carboxylic acids is 1. The second kappa shape index (κ2) is 7.71. The van der Waals surface area contributed by atoms with Gasteiger partial charge in [-0.3, -0.25) is 4.79 Å². The van der Waals surface area contributed by atoms with Crippen LogP contribution in [0.3, 0.4) is 0 Å². The molecule has 142 valence electrons. The van der Waals surface area contributed by atoms with Crippen LogP contribution < -0.4 is 9.88 Å². The molecule has 0 spiro atoms. The first-order chi connectivity index (χ1) is 12.8. The van der Waals surface area contributed by atoms with Crippen molar-refractivity contribution in [3.05, 3.63) is 48.5 Å². The normalized spacial score (nSPS) is 11.9. The first-order valence-electron chi connectivity index (χ1n) is 8.21. The number of anilines is 1. The number of imidazole rings is 1. The minimum atomic E-state index is -3.48. The largest absolute Gasteiger partial charge is 0.325 e. The summed E-state index contributed by atoms with van der Waals surface area (Å²) in [7, 11) is 1.43. The van der Waals surface area contributed by atoms with E-state index >= 15 is 0 Å². The number of benzene rings is 2. The van der Waals surface area contributed by atoms with Crippen LogP contribution in [-0.2, 0) is 21.9 Å². The molecule has 0 saturated carbocycles. The van der Waals surface area contributed by atoms with Gasteiger partial charge in [0.1, 0.15) is 0 Å². The van der Waals surface area contributed by atoms with E-state index in [0.29, 0.717) is 5.69 Å². The lowest BCUT2D eigenvalue weighted by atomic mass is 10.3. The Kier molecular flexibility index (Phi) is 5.54. The second-order valence-electron chi connectivity index (χ2n) is 6.15. The standard InChI is InChI=1S/C18H20N4O3S2/c1-21(2)27(24,25)14-10-8-13(9-11-14)19-17(23)12-26-18-20-15-6-4-5-7-16(15)22(18)3/h4-11H,12H2,1-3H3,(H,19,23)/p+1. The molecule has 2 N–H and O–H groups in total. The monoisotopic (exact) mass is 405 g/mol. The number of rotatable bonds is 6. The van der Waals surface area contributed by atoms with Crippen molar-refractivity contribution in [1.82, 2.24) is 9.29 Å². The molecule has 1 amide bonds. The molecule has 0 unspecified atom stereocenters. The molecule has 0 atom stereocenters. The Balaban J connectivity index is 1.63.